The molecule has 0 amide bonds. The molecule has 0 aromatic heterocycles. The van der Waals surface area contributed by atoms with E-state index in [1.807, 2.05) is 32.0 Å². The number of carbonyl (C=O) groups is 1. The molecule has 0 atom stereocenters. The van der Waals surface area contributed by atoms with Crippen LogP contribution >= 0.6 is 0 Å². The standard InChI is InChI=1S/C17H18O3/c1-12-4-5-14(10-13(12)2)17(18)11-20-16-8-6-15(19-3)7-9-16/h4-10H,11H2,1-3H3. The molecule has 104 valence electrons. The highest BCUT2D eigenvalue weighted by Gasteiger charge is 2.08. The lowest BCUT2D eigenvalue weighted by Gasteiger charge is -2.08. The number of hydrogen-bond acceptors (Lipinski definition) is 3. The maximum Gasteiger partial charge on any atom is 0.200 e. The number of rotatable bonds is 5. The van der Waals surface area contributed by atoms with Crippen molar-refractivity contribution < 1.29 is 14.3 Å². The summed E-state index contributed by atoms with van der Waals surface area (Å²) in [7, 11) is 1.61. The van der Waals surface area contributed by atoms with Crippen molar-refractivity contribution in [2.75, 3.05) is 13.7 Å². The van der Waals surface area contributed by atoms with Gasteiger partial charge >= 0.3 is 0 Å². The maximum absolute atomic E-state index is 12.1. The van der Waals surface area contributed by atoms with Crippen LogP contribution in [0.4, 0.5) is 0 Å². The molecule has 0 spiro atoms. The molecule has 0 radical (unpaired) electrons. The van der Waals surface area contributed by atoms with Crippen molar-refractivity contribution in [2.45, 2.75) is 13.8 Å². The molecule has 20 heavy (non-hydrogen) atoms. The highest BCUT2D eigenvalue weighted by Crippen LogP contribution is 2.17. The second-order valence-corrected chi connectivity index (χ2v) is 4.69. The minimum atomic E-state index is -0.0241. The summed E-state index contributed by atoms with van der Waals surface area (Å²) < 4.78 is 10.6. The first kappa shape index (κ1) is 14.1. The van der Waals surface area contributed by atoms with Gasteiger partial charge in [-0.1, -0.05) is 12.1 Å². The average Bonchev–Trinajstić information content (AvgIpc) is 2.48. The van der Waals surface area contributed by atoms with E-state index >= 15 is 0 Å². The second kappa shape index (κ2) is 6.24. The quantitative estimate of drug-likeness (QED) is 0.779. The first-order valence-electron chi connectivity index (χ1n) is 6.47. The fourth-order valence-electron chi connectivity index (χ4n) is 1.82. The Hall–Kier alpha value is -2.29. The van der Waals surface area contributed by atoms with E-state index in [0.29, 0.717) is 11.3 Å². The lowest BCUT2D eigenvalue weighted by Crippen LogP contribution is -2.11. The molecule has 0 aliphatic carbocycles. The van der Waals surface area contributed by atoms with Crippen molar-refractivity contribution in [2.24, 2.45) is 0 Å². The molecular weight excluding hydrogens is 252 g/mol. The molecule has 3 heteroatoms. The van der Waals surface area contributed by atoms with Crippen molar-refractivity contribution in [1.29, 1.82) is 0 Å². The van der Waals surface area contributed by atoms with Crippen molar-refractivity contribution >= 4 is 5.78 Å². The molecule has 0 N–H and O–H groups in total. The largest absolute Gasteiger partial charge is 0.497 e. The summed E-state index contributed by atoms with van der Waals surface area (Å²) in [6.45, 7) is 4.06. The Labute approximate surface area is 119 Å². The molecule has 0 aliphatic heterocycles. The molecule has 3 nitrogen and oxygen atoms in total. The third-order valence-corrected chi connectivity index (χ3v) is 3.26. The van der Waals surface area contributed by atoms with Crippen LogP contribution in [0, 0.1) is 13.8 Å². The predicted octanol–water partition coefficient (Wildman–Crippen LogP) is 3.57. The predicted molar refractivity (Wildman–Crippen MR) is 78.7 cm³/mol. The van der Waals surface area contributed by atoms with Gasteiger partial charge in [-0.3, -0.25) is 4.79 Å². The van der Waals surface area contributed by atoms with Crippen molar-refractivity contribution in [3.8, 4) is 11.5 Å². The molecule has 0 saturated carbocycles. The van der Waals surface area contributed by atoms with Crippen LogP contribution in [0.5, 0.6) is 11.5 Å². The normalized spacial score (nSPS) is 10.2. The van der Waals surface area contributed by atoms with Gasteiger partial charge in [-0.05, 0) is 55.3 Å². The van der Waals surface area contributed by atoms with E-state index in [1.165, 1.54) is 5.56 Å². The summed E-state index contributed by atoms with van der Waals surface area (Å²) in [6.07, 6.45) is 0. The van der Waals surface area contributed by atoms with Crippen LogP contribution in [0.2, 0.25) is 0 Å². The minimum Gasteiger partial charge on any atom is -0.497 e. The summed E-state index contributed by atoms with van der Waals surface area (Å²) >= 11 is 0. The zero-order chi connectivity index (χ0) is 14.5. The molecular formula is C17H18O3. The van der Waals surface area contributed by atoms with Crippen LogP contribution in [-0.4, -0.2) is 19.5 Å². The molecule has 0 fully saturated rings. The molecule has 0 heterocycles. The Morgan fingerprint density at radius 1 is 0.950 bits per heavy atom. The zero-order valence-corrected chi connectivity index (χ0v) is 12.0. The SMILES string of the molecule is COc1ccc(OCC(=O)c2ccc(C)c(C)c2)cc1. The van der Waals surface area contributed by atoms with Crippen molar-refractivity contribution in [3.05, 3.63) is 59.2 Å². The van der Waals surface area contributed by atoms with Gasteiger partial charge in [0.05, 0.1) is 7.11 Å². The first-order valence-corrected chi connectivity index (χ1v) is 6.47. The van der Waals surface area contributed by atoms with Gasteiger partial charge in [0.2, 0.25) is 0 Å². The van der Waals surface area contributed by atoms with E-state index < -0.39 is 0 Å². The van der Waals surface area contributed by atoms with Crippen LogP contribution < -0.4 is 9.47 Å². The highest BCUT2D eigenvalue weighted by atomic mass is 16.5. The number of hydrogen-bond donors (Lipinski definition) is 0. The number of ketones is 1. The zero-order valence-electron chi connectivity index (χ0n) is 12.0. The van der Waals surface area contributed by atoms with Gasteiger partial charge in [-0.2, -0.15) is 0 Å². The van der Waals surface area contributed by atoms with E-state index in [1.54, 1.807) is 31.4 Å². The summed E-state index contributed by atoms with van der Waals surface area (Å²) in [4.78, 5) is 12.1. The highest BCUT2D eigenvalue weighted by molar-refractivity contribution is 5.97. The van der Waals surface area contributed by atoms with E-state index in [4.69, 9.17) is 9.47 Å². The van der Waals surface area contributed by atoms with Crippen LogP contribution in [0.15, 0.2) is 42.5 Å². The van der Waals surface area contributed by atoms with Gasteiger partial charge in [-0.25, -0.2) is 0 Å². The Balaban J connectivity index is 1.98. The Bertz CT molecular complexity index is 600. The smallest absolute Gasteiger partial charge is 0.200 e. The lowest BCUT2D eigenvalue weighted by molar-refractivity contribution is 0.0921. The topological polar surface area (TPSA) is 35.5 Å². The van der Waals surface area contributed by atoms with Gasteiger partial charge in [-0.15, -0.1) is 0 Å². The molecule has 0 bridgehead atoms. The van der Waals surface area contributed by atoms with E-state index in [-0.39, 0.29) is 12.4 Å². The Morgan fingerprint density at radius 3 is 2.20 bits per heavy atom. The third kappa shape index (κ3) is 3.38. The third-order valence-electron chi connectivity index (χ3n) is 3.26. The molecule has 2 aromatic carbocycles. The lowest BCUT2D eigenvalue weighted by atomic mass is 10.0. The molecule has 0 saturated heterocycles. The van der Waals surface area contributed by atoms with Gasteiger partial charge in [0, 0.05) is 5.56 Å². The molecule has 0 unspecified atom stereocenters. The summed E-state index contributed by atoms with van der Waals surface area (Å²) in [6, 6.07) is 12.9. The molecule has 2 rings (SSSR count). The summed E-state index contributed by atoms with van der Waals surface area (Å²) in [5.41, 5.74) is 2.97. The van der Waals surface area contributed by atoms with E-state index in [9.17, 15) is 4.79 Å². The van der Waals surface area contributed by atoms with Crippen LogP contribution in [0.25, 0.3) is 0 Å². The number of benzene rings is 2. The van der Waals surface area contributed by atoms with Gasteiger partial charge in [0.1, 0.15) is 11.5 Å². The van der Waals surface area contributed by atoms with Crippen LogP contribution in [0.1, 0.15) is 21.5 Å². The van der Waals surface area contributed by atoms with E-state index in [0.717, 1.165) is 11.3 Å². The minimum absolute atomic E-state index is 0.0241. The average molecular weight is 270 g/mol. The first-order chi connectivity index (χ1) is 9.60. The summed E-state index contributed by atoms with van der Waals surface area (Å²) in [5.74, 6) is 1.39. The fourth-order valence-corrected chi connectivity index (χ4v) is 1.82. The fraction of sp³-hybridized carbons (Fsp3) is 0.235. The number of ether oxygens (including phenoxy) is 2. The monoisotopic (exact) mass is 270 g/mol. The van der Waals surface area contributed by atoms with Gasteiger partial charge < -0.3 is 9.47 Å². The van der Waals surface area contributed by atoms with Crippen LogP contribution in [-0.2, 0) is 0 Å². The number of Topliss-reactive ketones (excluding diaryl/α,β-unsaturated/α-hetero) is 1. The molecule has 0 aliphatic rings. The second-order valence-electron chi connectivity index (χ2n) is 4.69. The van der Waals surface area contributed by atoms with Gasteiger partial charge in [0.25, 0.3) is 0 Å². The Kier molecular flexibility index (Phi) is 4.41. The number of methoxy groups -OCH3 is 1. The van der Waals surface area contributed by atoms with Gasteiger partial charge in [0.15, 0.2) is 12.4 Å². The van der Waals surface area contributed by atoms with Crippen LogP contribution in [0.3, 0.4) is 0 Å². The van der Waals surface area contributed by atoms with Crippen molar-refractivity contribution in [1.82, 2.24) is 0 Å². The molecule has 2 aromatic rings. The number of carbonyl (C=O) groups excluding carboxylic acids is 1. The Morgan fingerprint density at radius 2 is 1.60 bits per heavy atom. The van der Waals surface area contributed by atoms with E-state index in [2.05, 4.69) is 0 Å². The number of aryl methyl sites for hydroxylation is 2. The van der Waals surface area contributed by atoms with Crippen molar-refractivity contribution in [3.63, 3.8) is 0 Å². The summed E-state index contributed by atoms with van der Waals surface area (Å²) in [5, 5.41) is 0. The maximum atomic E-state index is 12.1.